The number of benzene rings is 1. The highest BCUT2D eigenvalue weighted by atomic mass is 16.5. The number of aromatic nitrogens is 1. The lowest BCUT2D eigenvalue weighted by molar-refractivity contribution is 0.402. The smallest absolute Gasteiger partial charge is 0.119 e. The van der Waals surface area contributed by atoms with Crippen molar-refractivity contribution in [2.24, 2.45) is 0 Å². The quantitative estimate of drug-likeness (QED) is 0.934. The summed E-state index contributed by atoms with van der Waals surface area (Å²) in [5.41, 5.74) is 4.12. The molecule has 1 aliphatic carbocycles. The topological polar surface area (TPSA) is 34.1 Å². The summed E-state index contributed by atoms with van der Waals surface area (Å²) in [6.45, 7) is 2.21. The fourth-order valence-electron chi connectivity index (χ4n) is 3.08. The number of rotatable bonds is 4. The van der Waals surface area contributed by atoms with Gasteiger partial charge in [-0.3, -0.25) is 4.98 Å². The molecule has 0 saturated heterocycles. The van der Waals surface area contributed by atoms with Gasteiger partial charge in [-0.15, -0.1) is 0 Å². The maximum absolute atomic E-state index is 5.34. The molecule has 3 nitrogen and oxygen atoms in total. The van der Waals surface area contributed by atoms with Crippen LogP contribution in [0.3, 0.4) is 0 Å². The van der Waals surface area contributed by atoms with Crippen molar-refractivity contribution in [1.29, 1.82) is 0 Å². The van der Waals surface area contributed by atoms with Crippen LogP contribution in [0.4, 0.5) is 0 Å². The highest BCUT2D eigenvalue weighted by Crippen LogP contribution is 2.26. The monoisotopic (exact) mass is 282 g/mol. The molecular weight excluding hydrogens is 260 g/mol. The predicted octanol–water partition coefficient (Wildman–Crippen LogP) is 3.30. The molecular formula is C18H22N2O. The van der Waals surface area contributed by atoms with Crippen molar-refractivity contribution in [2.45, 2.75) is 38.3 Å². The number of hydrogen-bond donors (Lipinski definition) is 1. The molecule has 1 heterocycles. The van der Waals surface area contributed by atoms with Crippen LogP contribution in [0.5, 0.6) is 5.75 Å². The van der Waals surface area contributed by atoms with E-state index in [0.29, 0.717) is 12.1 Å². The van der Waals surface area contributed by atoms with E-state index in [1.54, 1.807) is 7.11 Å². The van der Waals surface area contributed by atoms with Crippen molar-refractivity contribution < 1.29 is 4.74 Å². The Kier molecular flexibility index (Phi) is 4.20. The van der Waals surface area contributed by atoms with Crippen molar-refractivity contribution in [1.82, 2.24) is 10.3 Å². The van der Waals surface area contributed by atoms with Crippen LogP contribution in [0.2, 0.25) is 0 Å². The third kappa shape index (κ3) is 3.24. The predicted molar refractivity (Wildman–Crippen MR) is 84.6 cm³/mol. The van der Waals surface area contributed by atoms with Crippen LogP contribution >= 0.6 is 0 Å². The van der Waals surface area contributed by atoms with Gasteiger partial charge in [-0.2, -0.15) is 0 Å². The van der Waals surface area contributed by atoms with Crippen LogP contribution in [-0.2, 0) is 12.8 Å². The van der Waals surface area contributed by atoms with E-state index in [1.165, 1.54) is 23.1 Å². The Labute approximate surface area is 126 Å². The number of aryl methyl sites for hydroxylation is 1. The van der Waals surface area contributed by atoms with Crippen LogP contribution in [0, 0.1) is 0 Å². The Morgan fingerprint density at radius 2 is 2.19 bits per heavy atom. The molecule has 3 heteroatoms. The van der Waals surface area contributed by atoms with Gasteiger partial charge in [0.1, 0.15) is 5.75 Å². The van der Waals surface area contributed by atoms with Crippen molar-refractivity contribution in [3.63, 3.8) is 0 Å². The maximum Gasteiger partial charge on any atom is 0.119 e. The molecule has 0 amide bonds. The zero-order valence-corrected chi connectivity index (χ0v) is 12.7. The second kappa shape index (κ2) is 6.27. The van der Waals surface area contributed by atoms with Crippen molar-refractivity contribution >= 4 is 0 Å². The standard InChI is InChI=1S/C18H22N2O/c1-13(15-4-3-9-19-12-15)20-17-7-5-14-6-8-18(21-2)11-16(14)10-17/h3-4,6,8-9,11-13,17,20H,5,7,10H2,1-2H3/t13-,17?/m0/s1. The average molecular weight is 282 g/mol. The first-order valence-electron chi connectivity index (χ1n) is 7.58. The Morgan fingerprint density at radius 3 is 2.95 bits per heavy atom. The molecule has 0 saturated carbocycles. The van der Waals surface area contributed by atoms with Crippen LogP contribution in [0.15, 0.2) is 42.7 Å². The minimum Gasteiger partial charge on any atom is -0.497 e. The summed E-state index contributed by atoms with van der Waals surface area (Å²) in [6, 6.07) is 11.4. The van der Waals surface area contributed by atoms with E-state index in [4.69, 9.17) is 4.74 Å². The average Bonchev–Trinajstić information content (AvgIpc) is 2.55. The summed E-state index contributed by atoms with van der Waals surface area (Å²) in [5.74, 6) is 0.953. The van der Waals surface area contributed by atoms with Gasteiger partial charge in [0, 0.05) is 24.5 Å². The van der Waals surface area contributed by atoms with E-state index in [9.17, 15) is 0 Å². The molecule has 1 N–H and O–H groups in total. The number of hydrogen-bond acceptors (Lipinski definition) is 3. The van der Waals surface area contributed by atoms with Gasteiger partial charge in [0.05, 0.1) is 7.11 Å². The van der Waals surface area contributed by atoms with Crippen LogP contribution < -0.4 is 10.1 Å². The third-order valence-electron chi connectivity index (χ3n) is 4.31. The number of pyridine rings is 1. The third-order valence-corrected chi connectivity index (χ3v) is 4.31. The Balaban J connectivity index is 1.68. The van der Waals surface area contributed by atoms with E-state index in [1.807, 2.05) is 18.5 Å². The van der Waals surface area contributed by atoms with Gasteiger partial charge in [-0.25, -0.2) is 0 Å². The van der Waals surface area contributed by atoms with Gasteiger partial charge < -0.3 is 10.1 Å². The number of fused-ring (bicyclic) bond motifs is 1. The highest BCUT2D eigenvalue weighted by molar-refractivity contribution is 5.38. The molecule has 2 aromatic rings. The lowest BCUT2D eigenvalue weighted by Gasteiger charge is -2.28. The highest BCUT2D eigenvalue weighted by Gasteiger charge is 2.20. The van der Waals surface area contributed by atoms with Crippen LogP contribution in [-0.4, -0.2) is 18.1 Å². The Morgan fingerprint density at radius 1 is 1.29 bits per heavy atom. The molecule has 3 rings (SSSR count). The molecule has 110 valence electrons. The fraction of sp³-hybridized carbons (Fsp3) is 0.389. The fourth-order valence-corrected chi connectivity index (χ4v) is 3.08. The minimum absolute atomic E-state index is 0.329. The Bertz CT molecular complexity index is 597. The molecule has 21 heavy (non-hydrogen) atoms. The van der Waals surface area contributed by atoms with Gasteiger partial charge in [-0.05, 0) is 61.1 Å². The summed E-state index contributed by atoms with van der Waals surface area (Å²) in [4.78, 5) is 4.20. The van der Waals surface area contributed by atoms with Gasteiger partial charge >= 0.3 is 0 Å². The summed E-state index contributed by atoms with van der Waals surface area (Å²) in [7, 11) is 1.73. The minimum atomic E-state index is 0.329. The van der Waals surface area contributed by atoms with Gasteiger partial charge in [0.2, 0.25) is 0 Å². The van der Waals surface area contributed by atoms with Gasteiger partial charge in [-0.1, -0.05) is 12.1 Å². The first-order chi connectivity index (χ1) is 10.3. The maximum atomic E-state index is 5.34. The van der Waals surface area contributed by atoms with Crippen molar-refractivity contribution in [3.8, 4) is 5.75 Å². The summed E-state index contributed by atoms with van der Waals surface area (Å²) in [6.07, 6.45) is 7.15. The molecule has 1 aliphatic rings. The SMILES string of the molecule is COc1ccc2c(c1)CC(N[C@@H](C)c1cccnc1)CC2. The number of methoxy groups -OCH3 is 1. The number of nitrogens with one attached hydrogen (secondary N) is 1. The molecule has 0 radical (unpaired) electrons. The second-order valence-corrected chi connectivity index (χ2v) is 5.75. The lowest BCUT2D eigenvalue weighted by Crippen LogP contribution is -2.36. The molecule has 0 bridgehead atoms. The van der Waals surface area contributed by atoms with Crippen molar-refractivity contribution in [2.75, 3.05) is 7.11 Å². The van der Waals surface area contributed by atoms with E-state index in [0.717, 1.165) is 18.6 Å². The molecule has 2 atom stereocenters. The zero-order valence-electron chi connectivity index (χ0n) is 12.7. The van der Waals surface area contributed by atoms with Crippen LogP contribution in [0.25, 0.3) is 0 Å². The van der Waals surface area contributed by atoms with Gasteiger partial charge in [0.15, 0.2) is 0 Å². The van der Waals surface area contributed by atoms with E-state index < -0.39 is 0 Å². The van der Waals surface area contributed by atoms with Crippen LogP contribution in [0.1, 0.15) is 36.1 Å². The summed E-state index contributed by atoms with van der Waals surface area (Å²) >= 11 is 0. The molecule has 0 spiro atoms. The largest absolute Gasteiger partial charge is 0.497 e. The normalized spacial score (nSPS) is 18.9. The number of nitrogens with zero attached hydrogens (tertiary/aromatic N) is 1. The molecule has 0 aliphatic heterocycles. The Hall–Kier alpha value is -1.87. The summed E-state index contributed by atoms with van der Waals surface area (Å²) < 4.78 is 5.34. The first-order valence-corrected chi connectivity index (χ1v) is 7.58. The van der Waals surface area contributed by atoms with E-state index in [2.05, 4.69) is 41.5 Å². The lowest BCUT2D eigenvalue weighted by atomic mass is 9.87. The molecule has 1 aromatic carbocycles. The zero-order chi connectivity index (χ0) is 14.7. The second-order valence-electron chi connectivity index (χ2n) is 5.75. The molecule has 1 unspecified atom stereocenters. The van der Waals surface area contributed by atoms with Crippen molar-refractivity contribution in [3.05, 3.63) is 59.4 Å². The van der Waals surface area contributed by atoms with E-state index >= 15 is 0 Å². The van der Waals surface area contributed by atoms with E-state index in [-0.39, 0.29) is 0 Å². The summed E-state index contributed by atoms with van der Waals surface area (Å²) in [5, 5.41) is 3.73. The van der Waals surface area contributed by atoms with Gasteiger partial charge in [0.25, 0.3) is 0 Å². The first kappa shape index (κ1) is 14.1. The molecule has 0 fully saturated rings. The molecule has 1 aromatic heterocycles. The number of ether oxygens (including phenoxy) is 1.